The van der Waals surface area contributed by atoms with Gasteiger partial charge in [-0.25, -0.2) is 4.39 Å². The molecule has 0 spiro atoms. The molecular weight excluding hydrogens is 165 g/mol. The smallest absolute Gasteiger partial charge is 0.123 e. The van der Waals surface area contributed by atoms with Gasteiger partial charge in [-0.1, -0.05) is 12.1 Å². The average Bonchev–Trinajstić information content (AvgIpc) is 2.85. The molecule has 0 unspecified atom stereocenters. The first-order valence-corrected chi connectivity index (χ1v) is 4.69. The molecule has 2 rings (SSSR count). The molecule has 0 heterocycles. The van der Waals surface area contributed by atoms with Gasteiger partial charge in [-0.3, -0.25) is 0 Å². The minimum absolute atomic E-state index is 0.165. The fraction of sp³-hybridized carbons (Fsp3) is 0.455. The SMILES string of the molecule is C[C@H](N)[C@H]1C[C@@H]1c1ccc(F)cc1. The second kappa shape index (κ2) is 3.11. The highest BCUT2D eigenvalue weighted by molar-refractivity contribution is 5.26. The lowest BCUT2D eigenvalue weighted by atomic mass is 10.1. The van der Waals surface area contributed by atoms with E-state index in [0.29, 0.717) is 11.8 Å². The van der Waals surface area contributed by atoms with E-state index in [1.807, 2.05) is 19.1 Å². The van der Waals surface area contributed by atoms with Gasteiger partial charge in [0.1, 0.15) is 5.82 Å². The van der Waals surface area contributed by atoms with Crippen LogP contribution < -0.4 is 5.73 Å². The van der Waals surface area contributed by atoms with Gasteiger partial charge in [0.25, 0.3) is 0 Å². The molecule has 1 fully saturated rings. The Labute approximate surface area is 77.8 Å². The summed E-state index contributed by atoms with van der Waals surface area (Å²) in [5.41, 5.74) is 7.01. The topological polar surface area (TPSA) is 26.0 Å². The van der Waals surface area contributed by atoms with Gasteiger partial charge in [0.15, 0.2) is 0 Å². The molecule has 70 valence electrons. The molecule has 2 N–H and O–H groups in total. The van der Waals surface area contributed by atoms with E-state index in [2.05, 4.69) is 0 Å². The summed E-state index contributed by atoms with van der Waals surface area (Å²) >= 11 is 0. The molecule has 1 aliphatic carbocycles. The van der Waals surface area contributed by atoms with Crippen LogP contribution in [0.4, 0.5) is 4.39 Å². The largest absolute Gasteiger partial charge is 0.328 e. The summed E-state index contributed by atoms with van der Waals surface area (Å²) in [4.78, 5) is 0. The van der Waals surface area contributed by atoms with Gasteiger partial charge in [-0.05, 0) is 42.9 Å². The first-order valence-electron chi connectivity index (χ1n) is 4.69. The van der Waals surface area contributed by atoms with Gasteiger partial charge in [-0.15, -0.1) is 0 Å². The fourth-order valence-corrected chi connectivity index (χ4v) is 1.89. The molecule has 1 nitrogen and oxygen atoms in total. The standard InChI is InChI=1S/C11H14FN/c1-7(13)10-6-11(10)8-2-4-9(12)5-3-8/h2-5,7,10-11H,6,13H2,1H3/t7-,10+,11+/m0/s1. The summed E-state index contributed by atoms with van der Waals surface area (Å²) < 4.78 is 12.6. The predicted octanol–water partition coefficient (Wildman–Crippen LogP) is 2.28. The minimum Gasteiger partial charge on any atom is -0.328 e. The summed E-state index contributed by atoms with van der Waals surface area (Å²) in [6.45, 7) is 2.04. The van der Waals surface area contributed by atoms with Crippen LogP contribution in [-0.4, -0.2) is 6.04 Å². The van der Waals surface area contributed by atoms with Gasteiger partial charge in [0.2, 0.25) is 0 Å². The molecule has 1 saturated carbocycles. The van der Waals surface area contributed by atoms with Gasteiger partial charge in [-0.2, -0.15) is 0 Å². The summed E-state index contributed by atoms with van der Waals surface area (Å²) in [5, 5.41) is 0. The van der Waals surface area contributed by atoms with Crippen molar-refractivity contribution in [2.45, 2.75) is 25.3 Å². The Hall–Kier alpha value is -0.890. The number of nitrogens with two attached hydrogens (primary N) is 1. The first kappa shape index (κ1) is 8.70. The summed E-state index contributed by atoms with van der Waals surface area (Å²) in [6.07, 6.45) is 1.16. The quantitative estimate of drug-likeness (QED) is 0.740. The molecule has 2 heteroatoms. The molecule has 1 aromatic rings. The van der Waals surface area contributed by atoms with Crippen molar-refractivity contribution >= 4 is 0 Å². The number of hydrogen-bond donors (Lipinski definition) is 1. The van der Waals surface area contributed by atoms with Crippen LogP contribution in [0.1, 0.15) is 24.8 Å². The van der Waals surface area contributed by atoms with Gasteiger partial charge in [0, 0.05) is 6.04 Å². The Morgan fingerprint density at radius 3 is 2.46 bits per heavy atom. The van der Waals surface area contributed by atoms with E-state index >= 15 is 0 Å². The van der Waals surface area contributed by atoms with Crippen molar-refractivity contribution in [1.82, 2.24) is 0 Å². The Morgan fingerprint density at radius 2 is 2.00 bits per heavy atom. The zero-order valence-corrected chi connectivity index (χ0v) is 7.70. The van der Waals surface area contributed by atoms with Crippen molar-refractivity contribution in [3.63, 3.8) is 0 Å². The van der Waals surface area contributed by atoms with E-state index in [0.717, 1.165) is 6.42 Å². The van der Waals surface area contributed by atoms with Crippen LogP contribution in [0.25, 0.3) is 0 Å². The molecule has 0 aromatic heterocycles. The van der Waals surface area contributed by atoms with Crippen molar-refractivity contribution in [2.24, 2.45) is 11.7 Å². The zero-order valence-electron chi connectivity index (χ0n) is 7.70. The maximum absolute atomic E-state index is 12.6. The van der Waals surface area contributed by atoms with E-state index in [1.165, 1.54) is 17.7 Å². The third kappa shape index (κ3) is 1.73. The number of rotatable bonds is 2. The number of hydrogen-bond acceptors (Lipinski definition) is 1. The molecule has 1 aromatic carbocycles. The normalized spacial score (nSPS) is 28.5. The van der Waals surface area contributed by atoms with E-state index in [-0.39, 0.29) is 11.9 Å². The second-order valence-corrected chi connectivity index (χ2v) is 3.92. The van der Waals surface area contributed by atoms with E-state index in [4.69, 9.17) is 5.73 Å². The van der Waals surface area contributed by atoms with Crippen molar-refractivity contribution in [3.8, 4) is 0 Å². The summed E-state index contributed by atoms with van der Waals surface area (Å²) in [6, 6.07) is 7.03. The Balaban J connectivity index is 2.08. The second-order valence-electron chi connectivity index (χ2n) is 3.92. The Morgan fingerprint density at radius 1 is 1.38 bits per heavy atom. The van der Waals surface area contributed by atoms with Crippen molar-refractivity contribution in [3.05, 3.63) is 35.6 Å². The maximum atomic E-state index is 12.6. The maximum Gasteiger partial charge on any atom is 0.123 e. The lowest BCUT2D eigenvalue weighted by Gasteiger charge is -2.03. The van der Waals surface area contributed by atoms with Gasteiger partial charge in [0.05, 0.1) is 0 Å². The highest BCUT2D eigenvalue weighted by Crippen LogP contribution is 2.48. The molecule has 0 bridgehead atoms. The third-order valence-electron chi connectivity index (χ3n) is 2.81. The van der Waals surface area contributed by atoms with Crippen LogP contribution in [-0.2, 0) is 0 Å². The molecule has 0 saturated heterocycles. The van der Waals surface area contributed by atoms with Crippen molar-refractivity contribution in [1.29, 1.82) is 0 Å². The monoisotopic (exact) mass is 179 g/mol. The lowest BCUT2D eigenvalue weighted by Crippen LogP contribution is -2.17. The highest BCUT2D eigenvalue weighted by atomic mass is 19.1. The zero-order chi connectivity index (χ0) is 9.42. The molecule has 1 aliphatic rings. The van der Waals surface area contributed by atoms with Crippen LogP contribution in [0.3, 0.4) is 0 Å². The van der Waals surface area contributed by atoms with E-state index in [9.17, 15) is 4.39 Å². The molecular formula is C11H14FN. The highest BCUT2D eigenvalue weighted by Gasteiger charge is 2.40. The minimum atomic E-state index is -0.165. The molecule has 0 amide bonds. The lowest BCUT2D eigenvalue weighted by molar-refractivity contribution is 0.622. The van der Waals surface area contributed by atoms with Crippen molar-refractivity contribution < 1.29 is 4.39 Å². The molecule has 0 radical (unpaired) electrons. The number of benzene rings is 1. The Kier molecular flexibility index (Phi) is 2.08. The summed E-state index contributed by atoms with van der Waals surface area (Å²) in [7, 11) is 0. The first-order chi connectivity index (χ1) is 6.18. The van der Waals surface area contributed by atoms with Gasteiger partial charge >= 0.3 is 0 Å². The van der Waals surface area contributed by atoms with E-state index in [1.54, 1.807) is 0 Å². The van der Waals surface area contributed by atoms with Gasteiger partial charge < -0.3 is 5.73 Å². The predicted molar refractivity (Wildman–Crippen MR) is 50.9 cm³/mol. The van der Waals surface area contributed by atoms with Crippen LogP contribution in [0.2, 0.25) is 0 Å². The van der Waals surface area contributed by atoms with Crippen molar-refractivity contribution in [2.75, 3.05) is 0 Å². The van der Waals surface area contributed by atoms with Crippen LogP contribution in [0.15, 0.2) is 24.3 Å². The molecule has 13 heavy (non-hydrogen) atoms. The van der Waals surface area contributed by atoms with Crippen LogP contribution in [0.5, 0.6) is 0 Å². The van der Waals surface area contributed by atoms with Crippen LogP contribution in [0, 0.1) is 11.7 Å². The average molecular weight is 179 g/mol. The van der Waals surface area contributed by atoms with E-state index < -0.39 is 0 Å². The fourth-order valence-electron chi connectivity index (χ4n) is 1.89. The third-order valence-corrected chi connectivity index (χ3v) is 2.81. The Bertz CT molecular complexity index is 291. The number of halogens is 1. The van der Waals surface area contributed by atoms with Crippen LogP contribution >= 0.6 is 0 Å². The molecule has 3 atom stereocenters. The summed E-state index contributed by atoms with van der Waals surface area (Å²) in [5.74, 6) is 1.01. The molecule has 0 aliphatic heterocycles.